The summed E-state index contributed by atoms with van der Waals surface area (Å²) in [5, 5.41) is 13.5. The van der Waals surface area contributed by atoms with Crippen molar-refractivity contribution in [2.24, 2.45) is 14.1 Å². The molecule has 2 aromatic rings. The van der Waals surface area contributed by atoms with Gasteiger partial charge in [0, 0.05) is 13.8 Å². The number of carbonyl (C=O) groups excluding carboxylic acids is 2. The zero-order valence-electron chi connectivity index (χ0n) is 18.1. The van der Waals surface area contributed by atoms with Gasteiger partial charge in [0.1, 0.15) is 24.8 Å². The van der Waals surface area contributed by atoms with Crippen LogP contribution in [0.3, 0.4) is 0 Å². The van der Waals surface area contributed by atoms with Gasteiger partial charge in [-0.15, -0.1) is 0 Å². The summed E-state index contributed by atoms with van der Waals surface area (Å²) in [6.45, 7) is 11.1. The highest BCUT2D eigenvalue weighted by molar-refractivity contribution is 5.37. The highest BCUT2D eigenvalue weighted by Crippen LogP contribution is 1.97. The lowest BCUT2D eigenvalue weighted by Crippen LogP contribution is -2.29. The van der Waals surface area contributed by atoms with E-state index in [2.05, 4.69) is 84.8 Å². The van der Waals surface area contributed by atoms with Crippen molar-refractivity contribution in [3.05, 3.63) is 47.3 Å². The molecule has 0 saturated heterocycles. The molecule has 8 nitrogen and oxygen atoms in total. The summed E-state index contributed by atoms with van der Waals surface area (Å²) in [4.78, 5) is 16.5. The van der Waals surface area contributed by atoms with Gasteiger partial charge in [-0.05, 0) is 25.0 Å². The van der Waals surface area contributed by atoms with E-state index in [-0.39, 0.29) is 0 Å². The van der Waals surface area contributed by atoms with Crippen LogP contribution in [0, 0.1) is 13.8 Å². The molecular formula is C20H34N6O2. The molecule has 0 aromatic carbocycles. The smallest absolute Gasteiger partial charge is 0.253 e. The molecule has 8 heteroatoms. The fourth-order valence-corrected chi connectivity index (χ4v) is 2.33. The van der Waals surface area contributed by atoms with Crippen molar-refractivity contribution in [1.29, 1.82) is 0 Å². The summed E-state index contributed by atoms with van der Waals surface area (Å²) >= 11 is 0. The van der Waals surface area contributed by atoms with E-state index in [1.54, 1.807) is 0 Å². The standard InChI is InChI=1S/2C9H17N2.2CNO/c2*1-4-5-6-11-8-7-10(3)9(11)2;2*2-1-3/h2*7-8H,4-6H2,1-3H3;;/q2*+1;2*-1. The molecule has 0 aliphatic carbocycles. The highest BCUT2D eigenvalue weighted by Gasteiger charge is 2.07. The van der Waals surface area contributed by atoms with Crippen molar-refractivity contribution < 1.29 is 18.7 Å². The van der Waals surface area contributed by atoms with E-state index in [0.29, 0.717) is 12.2 Å². The summed E-state index contributed by atoms with van der Waals surface area (Å²) in [6, 6.07) is 0. The molecule has 2 aromatic heterocycles. The molecule has 0 spiro atoms. The molecule has 0 N–H and O–H groups in total. The maximum absolute atomic E-state index is 8.24. The van der Waals surface area contributed by atoms with E-state index < -0.39 is 0 Å². The van der Waals surface area contributed by atoms with E-state index in [1.165, 1.54) is 37.3 Å². The summed E-state index contributed by atoms with van der Waals surface area (Å²) in [5.41, 5.74) is 0. The Morgan fingerprint density at radius 1 is 0.821 bits per heavy atom. The average molecular weight is 391 g/mol. The zero-order chi connectivity index (χ0) is 21.9. The number of hydrogen-bond acceptors (Lipinski definition) is 2. The molecule has 0 aliphatic heterocycles. The van der Waals surface area contributed by atoms with E-state index in [4.69, 9.17) is 20.4 Å². The molecule has 2 rings (SSSR count). The highest BCUT2D eigenvalue weighted by atomic mass is 16.1. The summed E-state index contributed by atoms with van der Waals surface area (Å²) in [5.74, 6) is 2.66. The van der Waals surface area contributed by atoms with Crippen molar-refractivity contribution in [2.45, 2.75) is 66.5 Å². The zero-order valence-corrected chi connectivity index (χ0v) is 18.1. The van der Waals surface area contributed by atoms with Crippen LogP contribution >= 0.6 is 0 Å². The van der Waals surface area contributed by atoms with Gasteiger partial charge in [0.2, 0.25) is 0 Å². The van der Waals surface area contributed by atoms with Crippen molar-refractivity contribution in [3.8, 4) is 0 Å². The van der Waals surface area contributed by atoms with Crippen LogP contribution in [0.4, 0.5) is 0 Å². The van der Waals surface area contributed by atoms with Crippen molar-refractivity contribution in [3.63, 3.8) is 0 Å². The third kappa shape index (κ3) is 11.7. The van der Waals surface area contributed by atoms with Crippen LogP contribution in [0.15, 0.2) is 24.8 Å². The Balaban J connectivity index is 0. The van der Waals surface area contributed by atoms with Crippen LogP contribution in [0.5, 0.6) is 0 Å². The monoisotopic (exact) mass is 390 g/mol. The number of isocyanates is 2. The predicted octanol–water partition coefficient (Wildman–Crippen LogP) is 2.63. The molecule has 0 aliphatic rings. The average Bonchev–Trinajstić information content (AvgIpc) is 3.16. The van der Waals surface area contributed by atoms with Gasteiger partial charge in [0.15, 0.2) is 0 Å². The topological polar surface area (TPSA) is 96.4 Å². The molecule has 0 bridgehead atoms. The molecular weight excluding hydrogens is 356 g/mol. The third-order valence-electron chi connectivity index (χ3n) is 4.30. The molecule has 0 saturated carbocycles. The van der Waals surface area contributed by atoms with Gasteiger partial charge in [-0.25, -0.2) is 18.3 Å². The normalized spacial score (nSPS) is 8.79. The molecule has 0 unspecified atom stereocenters. The first-order valence-electron chi connectivity index (χ1n) is 9.39. The molecule has 0 fully saturated rings. The Kier molecular flexibility index (Phi) is 17.2. The minimum atomic E-state index is 0.500. The number of aryl methyl sites for hydroxylation is 4. The lowest BCUT2D eigenvalue weighted by molar-refractivity contribution is -0.677. The third-order valence-corrected chi connectivity index (χ3v) is 4.30. The van der Waals surface area contributed by atoms with Gasteiger partial charge in [-0.1, -0.05) is 26.7 Å². The van der Waals surface area contributed by atoms with Gasteiger partial charge in [0.25, 0.3) is 11.6 Å². The molecule has 2 heterocycles. The van der Waals surface area contributed by atoms with Gasteiger partial charge in [-0.2, -0.15) is 0 Å². The molecule has 28 heavy (non-hydrogen) atoms. The second-order valence-electron chi connectivity index (χ2n) is 6.19. The molecule has 156 valence electrons. The largest absolute Gasteiger partial charge is 0.724 e. The van der Waals surface area contributed by atoms with E-state index in [0.717, 1.165) is 13.1 Å². The number of rotatable bonds is 6. The SMILES string of the molecule is CCCCn1cc[n+](C)c1C.CCCCn1cc[n+](C)c1C.[N-]=C=O.[N-]=C=O. The Hall–Kier alpha value is -2.82. The van der Waals surface area contributed by atoms with Crippen LogP contribution in [0.2, 0.25) is 0 Å². The molecule has 0 amide bonds. The fraction of sp³-hybridized carbons (Fsp3) is 0.600. The Labute approximate surface area is 168 Å². The Morgan fingerprint density at radius 3 is 1.29 bits per heavy atom. The number of unbranched alkanes of at least 4 members (excludes halogenated alkanes) is 2. The van der Waals surface area contributed by atoms with E-state index in [9.17, 15) is 0 Å². The molecule has 0 atom stereocenters. The van der Waals surface area contributed by atoms with Gasteiger partial charge in [0.05, 0.1) is 27.2 Å². The lowest BCUT2D eigenvalue weighted by atomic mass is 10.3. The van der Waals surface area contributed by atoms with E-state index in [1.807, 2.05) is 0 Å². The van der Waals surface area contributed by atoms with Crippen LogP contribution in [-0.4, -0.2) is 21.3 Å². The number of aromatic nitrogens is 4. The van der Waals surface area contributed by atoms with Crippen LogP contribution in [0.1, 0.15) is 51.2 Å². The van der Waals surface area contributed by atoms with Gasteiger partial charge >= 0.3 is 0 Å². The number of hydrogen-bond donors (Lipinski definition) is 0. The first-order valence-corrected chi connectivity index (χ1v) is 9.39. The second-order valence-corrected chi connectivity index (χ2v) is 6.19. The van der Waals surface area contributed by atoms with Crippen LogP contribution in [0.25, 0.3) is 10.8 Å². The van der Waals surface area contributed by atoms with Crippen LogP contribution < -0.4 is 9.13 Å². The quantitative estimate of drug-likeness (QED) is 0.430. The Morgan fingerprint density at radius 2 is 1.11 bits per heavy atom. The summed E-state index contributed by atoms with van der Waals surface area (Å²) in [6.07, 6.45) is 14.6. The summed E-state index contributed by atoms with van der Waals surface area (Å²) < 4.78 is 8.89. The summed E-state index contributed by atoms with van der Waals surface area (Å²) in [7, 11) is 4.16. The van der Waals surface area contributed by atoms with Gasteiger partial charge in [-0.3, -0.25) is 9.59 Å². The first kappa shape index (κ1) is 27.4. The first-order chi connectivity index (χ1) is 13.3. The maximum atomic E-state index is 8.24. The second kappa shape index (κ2) is 17.6. The number of imidazole rings is 2. The molecule has 0 radical (unpaired) electrons. The fourth-order valence-electron chi connectivity index (χ4n) is 2.33. The predicted molar refractivity (Wildman–Crippen MR) is 109 cm³/mol. The van der Waals surface area contributed by atoms with Crippen molar-refractivity contribution >= 4 is 12.2 Å². The maximum Gasteiger partial charge on any atom is 0.253 e. The van der Waals surface area contributed by atoms with Crippen molar-refractivity contribution in [1.82, 2.24) is 9.13 Å². The minimum Gasteiger partial charge on any atom is -0.724 e. The van der Waals surface area contributed by atoms with Crippen LogP contribution in [-0.2, 0) is 36.8 Å². The minimum absolute atomic E-state index is 0.500. The van der Waals surface area contributed by atoms with Gasteiger partial charge < -0.3 is 10.8 Å². The lowest BCUT2D eigenvalue weighted by Gasteiger charge is -1.95. The Bertz CT molecular complexity index is 659. The van der Waals surface area contributed by atoms with Crippen molar-refractivity contribution in [2.75, 3.05) is 0 Å². The van der Waals surface area contributed by atoms with E-state index >= 15 is 0 Å². The number of nitrogens with zero attached hydrogens (tertiary/aromatic N) is 6.